The molecule has 2 heterocycles. The monoisotopic (exact) mass is 290 g/mol. The Morgan fingerprint density at radius 2 is 2.05 bits per heavy atom. The van der Waals surface area contributed by atoms with Gasteiger partial charge in [-0.3, -0.25) is 0 Å². The normalized spacial score (nSPS) is 18.6. The number of anilines is 2. The highest BCUT2D eigenvalue weighted by Gasteiger charge is 2.25. The lowest BCUT2D eigenvalue weighted by atomic mass is 10.0. The molecule has 1 fully saturated rings. The second-order valence-electron chi connectivity index (χ2n) is 6.45. The molecule has 1 N–H and O–H groups in total. The van der Waals surface area contributed by atoms with Gasteiger partial charge in [-0.05, 0) is 32.6 Å². The minimum absolute atomic E-state index is 0.357. The van der Waals surface area contributed by atoms with Crippen LogP contribution < -0.4 is 10.2 Å². The first-order valence-corrected chi connectivity index (χ1v) is 8.44. The molecule has 0 radical (unpaired) electrons. The van der Waals surface area contributed by atoms with E-state index in [1.165, 1.54) is 24.8 Å². The molecule has 1 unspecified atom stereocenters. The zero-order valence-corrected chi connectivity index (χ0v) is 14.2. The summed E-state index contributed by atoms with van der Waals surface area (Å²) in [7, 11) is 0. The molecule has 0 saturated carbocycles. The zero-order valence-electron chi connectivity index (χ0n) is 14.2. The van der Waals surface area contributed by atoms with Crippen molar-refractivity contribution in [3.8, 4) is 0 Å². The molecule has 21 heavy (non-hydrogen) atoms. The Labute approximate surface area is 129 Å². The lowest BCUT2D eigenvalue weighted by molar-refractivity contribution is 0.529. The maximum atomic E-state index is 4.87. The fourth-order valence-corrected chi connectivity index (χ4v) is 3.10. The first kappa shape index (κ1) is 16.1. The molecule has 1 aliphatic rings. The Morgan fingerprint density at radius 1 is 1.29 bits per heavy atom. The predicted octanol–water partition coefficient (Wildman–Crippen LogP) is 3.97. The van der Waals surface area contributed by atoms with Gasteiger partial charge in [0.15, 0.2) is 0 Å². The van der Waals surface area contributed by atoms with Gasteiger partial charge >= 0.3 is 0 Å². The van der Waals surface area contributed by atoms with E-state index in [-0.39, 0.29) is 0 Å². The van der Waals surface area contributed by atoms with E-state index in [0.29, 0.717) is 5.92 Å². The van der Waals surface area contributed by atoms with E-state index in [1.807, 2.05) is 0 Å². The topological polar surface area (TPSA) is 41.1 Å². The molecule has 1 aromatic heterocycles. The maximum Gasteiger partial charge on any atom is 0.137 e. The molecule has 2 rings (SSSR count). The molecule has 4 nitrogen and oxygen atoms in total. The largest absolute Gasteiger partial charge is 0.370 e. The number of hydrogen-bond acceptors (Lipinski definition) is 4. The summed E-state index contributed by atoms with van der Waals surface area (Å²) in [5, 5.41) is 3.39. The Bertz CT molecular complexity index is 470. The van der Waals surface area contributed by atoms with Crippen LogP contribution in [0.5, 0.6) is 0 Å². The summed E-state index contributed by atoms with van der Waals surface area (Å²) in [5.41, 5.74) is 1.19. The Kier molecular flexibility index (Phi) is 5.43. The van der Waals surface area contributed by atoms with Crippen molar-refractivity contribution < 1.29 is 0 Å². The molecular formula is C17H30N4. The molecule has 1 aliphatic heterocycles. The third-order valence-corrected chi connectivity index (χ3v) is 4.28. The number of nitrogens with one attached hydrogen (secondary N) is 1. The SMILES string of the molecule is CCCC1CCN(c2nc(C(C)C)nc(NCC)c2C)C1. The third-order valence-electron chi connectivity index (χ3n) is 4.28. The molecule has 1 atom stereocenters. The lowest BCUT2D eigenvalue weighted by Crippen LogP contribution is -2.24. The van der Waals surface area contributed by atoms with Gasteiger partial charge in [-0.2, -0.15) is 0 Å². The Morgan fingerprint density at radius 3 is 2.67 bits per heavy atom. The molecular weight excluding hydrogens is 260 g/mol. The molecule has 0 bridgehead atoms. The quantitative estimate of drug-likeness (QED) is 0.861. The number of hydrogen-bond donors (Lipinski definition) is 1. The van der Waals surface area contributed by atoms with Gasteiger partial charge in [0.25, 0.3) is 0 Å². The van der Waals surface area contributed by atoms with E-state index in [0.717, 1.165) is 43.0 Å². The lowest BCUT2D eigenvalue weighted by Gasteiger charge is -2.23. The number of aromatic nitrogens is 2. The van der Waals surface area contributed by atoms with Crippen molar-refractivity contribution in [2.75, 3.05) is 29.9 Å². The smallest absolute Gasteiger partial charge is 0.137 e. The molecule has 0 aromatic carbocycles. The second-order valence-corrected chi connectivity index (χ2v) is 6.45. The Balaban J connectivity index is 2.29. The number of rotatable bonds is 6. The van der Waals surface area contributed by atoms with Crippen LogP contribution in [0.4, 0.5) is 11.6 Å². The van der Waals surface area contributed by atoms with Crippen molar-refractivity contribution in [2.24, 2.45) is 5.92 Å². The van der Waals surface area contributed by atoms with Crippen LogP contribution in [0, 0.1) is 12.8 Å². The van der Waals surface area contributed by atoms with Crippen molar-refractivity contribution in [2.45, 2.75) is 59.8 Å². The highest BCUT2D eigenvalue weighted by atomic mass is 15.2. The fourth-order valence-electron chi connectivity index (χ4n) is 3.10. The molecule has 0 aliphatic carbocycles. The minimum Gasteiger partial charge on any atom is -0.370 e. The van der Waals surface area contributed by atoms with Crippen LogP contribution in [-0.2, 0) is 0 Å². The van der Waals surface area contributed by atoms with Crippen molar-refractivity contribution in [1.82, 2.24) is 9.97 Å². The summed E-state index contributed by atoms with van der Waals surface area (Å²) in [6.07, 6.45) is 3.91. The van der Waals surface area contributed by atoms with E-state index in [1.54, 1.807) is 0 Å². The minimum atomic E-state index is 0.357. The van der Waals surface area contributed by atoms with Crippen LogP contribution in [0.15, 0.2) is 0 Å². The van der Waals surface area contributed by atoms with Crippen LogP contribution in [0.2, 0.25) is 0 Å². The van der Waals surface area contributed by atoms with Gasteiger partial charge in [-0.1, -0.05) is 27.2 Å². The summed E-state index contributed by atoms with van der Waals surface area (Å²) >= 11 is 0. The zero-order chi connectivity index (χ0) is 15.4. The van der Waals surface area contributed by atoms with Gasteiger partial charge in [0, 0.05) is 31.1 Å². The maximum absolute atomic E-state index is 4.87. The van der Waals surface area contributed by atoms with Crippen molar-refractivity contribution >= 4 is 11.6 Å². The van der Waals surface area contributed by atoms with Gasteiger partial charge < -0.3 is 10.2 Å². The summed E-state index contributed by atoms with van der Waals surface area (Å²) in [6.45, 7) is 14.0. The average molecular weight is 290 g/mol. The molecule has 1 saturated heterocycles. The second kappa shape index (κ2) is 7.10. The fraction of sp³-hybridized carbons (Fsp3) is 0.765. The molecule has 1 aromatic rings. The van der Waals surface area contributed by atoms with Crippen molar-refractivity contribution in [3.63, 3.8) is 0 Å². The summed E-state index contributed by atoms with van der Waals surface area (Å²) in [4.78, 5) is 12.0. The van der Waals surface area contributed by atoms with Gasteiger partial charge in [-0.25, -0.2) is 9.97 Å². The van der Waals surface area contributed by atoms with Crippen LogP contribution in [0.3, 0.4) is 0 Å². The van der Waals surface area contributed by atoms with E-state index >= 15 is 0 Å². The predicted molar refractivity (Wildman–Crippen MR) is 90.2 cm³/mol. The van der Waals surface area contributed by atoms with Crippen LogP contribution in [0.1, 0.15) is 64.3 Å². The average Bonchev–Trinajstić information content (AvgIpc) is 2.90. The standard InChI is InChI=1S/C17H30N4/c1-6-8-14-9-10-21(11-14)17-13(5)16(18-7-2)19-15(20-17)12(3)4/h12,14H,6-11H2,1-5H3,(H,18,19,20). The van der Waals surface area contributed by atoms with Crippen LogP contribution >= 0.6 is 0 Å². The van der Waals surface area contributed by atoms with E-state index < -0.39 is 0 Å². The van der Waals surface area contributed by atoms with E-state index in [9.17, 15) is 0 Å². The Hall–Kier alpha value is -1.32. The van der Waals surface area contributed by atoms with E-state index in [4.69, 9.17) is 9.97 Å². The van der Waals surface area contributed by atoms with Crippen molar-refractivity contribution in [1.29, 1.82) is 0 Å². The van der Waals surface area contributed by atoms with Crippen molar-refractivity contribution in [3.05, 3.63) is 11.4 Å². The highest BCUT2D eigenvalue weighted by molar-refractivity contribution is 5.59. The van der Waals surface area contributed by atoms with Crippen LogP contribution in [-0.4, -0.2) is 29.6 Å². The van der Waals surface area contributed by atoms with Gasteiger partial charge in [0.1, 0.15) is 17.5 Å². The third kappa shape index (κ3) is 3.66. The molecule has 0 spiro atoms. The van der Waals surface area contributed by atoms with Gasteiger partial charge in [-0.15, -0.1) is 0 Å². The van der Waals surface area contributed by atoms with Gasteiger partial charge in [0.2, 0.25) is 0 Å². The highest BCUT2D eigenvalue weighted by Crippen LogP contribution is 2.31. The molecule has 118 valence electrons. The van der Waals surface area contributed by atoms with Gasteiger partial charge in [0.05, 0.1) is 0 Å². The summed E-state index contributed by atoms with van der Waals surface area (Å²) in [5.74, 6) is 4.28. The molecule has 4 heteroatoms. The summed E-state index contributed by atoms with van der Waals surface area (Å²) in [6, 6.07) is 0. The molecule has 0 amide bonds. The van der Waals surface area contributed by atoms with Crippen LogP contribution in [0.25, 0.3) is 0 Å². The summed E-state index contributed by atoms with van der Waals surface area (Å²) < 4.78 is 0. The van der Waals surface area contributed by atoms with E-state index in [2.05, 4.69) is 44.8 Å². The first-order chi connectivity index (χ1) is 10.1. The first-order valence-electron chi connectivity index (χ1n) is 8.44. The number of nitrogens with zero attached hydrogens (tertiary/aromatic N) is 3.